The van der Waals surface area contributed by atoms with Crippen molar-refractivity contribution >= 4 is 0 Å². The third kappa shape index (κ3) is 3.83. The number of benzene rings is 2. The van der Waals surface area contributed by atoms with Crippen LogP contribution in [0.1, 0.15) is 23.8 Å². The topological polar surface area (TPSA) is 51.4 Å². The van der Waals surface area contributed by atoms with Crippen LogP contribution in [-0.2, 0) is 6.54 Å². The van der Waals surface area contributed by atoms with Crippen molar-refractivity contribution in [2.45, 2.75) is 18.9 Å². The lowest BCUT2D eigenvalue weighted by Gasteiger charge is -2.15. The number of aromatic nitrogens is 2. The summed E-state index contributed by atoms with van der Waals surface area (Å²) in [5.41, 5.74) is 1.58. The van der Waals surface area contributed by atoms with E-state index in [0.29, 0.717) is 18.3 Å². The van der Waals surface area contributed by atoms with Gasteiger partial charge in [-0.2, -0.15) is 4.98 Å². The second-order valence-electron chi connectivity index (χ2n) is 6.66. The van der Waals surface area contributed by atoms with Crippen molar-refractivity contribution in [1.82, 2.24) is 15.0 Å². The van der Waals surface area contributed by atoms with Gasteiger partial charge in [-0.15, -0.1) is 0 Å². The van der Waals surface area contributed by atoms with Crippen LogP contribution in [0.2, 0.25) is 0 Å². The second kappa shape index (κ2) is 7.44. The molecule has 27 heavy (non-hydrogen) atoms. The molecular formula is C20H19F2N3O2. The van der Waals surface area contributed by atoms with Gasteiger partial charge in [0.2, 0.25) is 11.7 Å². The highest BCUT2D eigenvalue weighted by Gasteiger charge is 2.28. The first-order chi connectivity index (χ1) is 13.1. The van der Waals surface area contributed by atoms with Gasteiger partial charge in [0.25, 0.3) is 0 Å². The molecule has 0 radical (unpaired) electrons. The summed E-state index contributed by atoms with van der Waals surface area (Å²) in [5.74, 6) is 0.347. The van der Waals surface area contributed by atoms with E-state index in [4.69, 9.17) is 9.26 Å². The van der Waals surface area contributed by atoms with Gasteiger partial charge in [0.15, 0.2) is 11.6 Å². The number of rotatable bonds is 5. The van der Waals surface area contributed by atoms with E-state index in [2.05, 4.69) is 15.0 Å². The van der Waals surface area contributed by atoms with Crippen LogP contribution >= 0.6 is 0 Å². The van der Waals surface area contributed by atoms with Crippen LogP contribution in [0, 0.1) is 11.6 Å². The van der Waals surface area contributed by atoms with Gasteiger partial charge >= 0.3 is 0 Å². The van der Waals surface area contributed by atoms with Crippen molar-refractivity contribution in [2.24, 2.45) is 0 Å². The van der Waals surface area contributed by atoms with Gasteiger partial charge in [0, 0.05) is 18.7 Å². The molecule has 1 atom stereocenters. The maximum atomic E-state index is 13.4. The molecule has 0 saturated carbocycles. The second-order valence-corrected chi connectivity index (χ2v) is 6.66. The number of hydrogen-bond acceptors (Lipinski definition) is 5. The Labute approximate surface area is 155 Å². The third-order valence-electron chi connectivity index (χ3n) is 4.78. The summed E-state index contributed by atoms with van der Waals surface area (Å²) < 4.78 is 37.1. The molecule has 7 heteroatoms. The van der Waals surface area contributed by atoms with Crippen molar-refractivity contribution < 1.29 is 18.0 Å². The fraction of sp³-hybridized carbons (Fsp3) is 0.300. The molecule has 5 nitrogen and oxygen atoms in total. The lowest BCUT2D eigenvalue weighted by molar-refractivity contribution is 0.308. The quantitative estimate of drug-likeness (QED) is 0.678. The molecule has 0 bridgehead atoms. The highest BCUT2D eigenvalue weighted by atomic mass is 19.2. The molecule has 1 aliphatic heterocycles. The SMILES string of the molecule is COc1cccc(-c2noc([C@H]3CCN(Cc4ccc(F)c(F)c4)C3)n2)c1. The predicted molar refractivity (Wildman–Crippen MR) is 95.3 cm³/mol. The molecule has 0 amide bonds. The Morgan fingerprint density at radius 2 is 2.07 bits per heavy atom. The van der Waals surface area contributed by atoms with Crippen LogP contribution in [0.25, 0.3) is 11.4 Å². The summed E-state index contributed by atoms with van der Waals surface area (Å²) in [5, 5.41) is 4.09. The highest BCUT2D eigenvalue weighted by Crippen LogP contribution is 2.29. The van der Waals surface area contributed by atoms with E-state index >= 15 is 0 Å². The van der Waals surface area contributed by atoms with Crippen LogP contribution < -0.4 is 4.74 Å². The van der Waals surface area contributed by atoms with Crippen LogP contribution in [-0.4, -0.2) is 35.2 Å². The zero-order valence-corrected chi connectivity index (χ0v) is 14.9. The molecule has 0 aliphatic carbocycles. The number of methoxy groups -OCH3 is 1. The van der Waals surface area contributed by atoms with Crippen LogP contribution in [0.4, 0.5) is 8.78 Å². The van der Waals surface area contributed by atoms with Crippen molar-refractivity contribution in [3.8, 4) is 17.1 Å². The molecule has 140 valence electrons. The van der Waals surface area contributed by atoms with E-state index in [1.807, 2.05) is 24.3 Å². The summed E-state index contributed by atoms with van der Waals surface area (Å²) in [7, 11) is 1.61. The Hall–Kier alpha value is -2.80. The van der Waals surface area contributed by atoms with Crippen molar-refractivity contribution in [2.75, 3.05) is 20.2 Å². The lowest BCUT2D eigenvalue weighted by Crippen LogP contribution is -2.20. The van der Waals surface area contributed by atoms with Crippen molar-refractivity contribution in [1.29, 1.82) is 0 Å². The molecular weight excluding hydrogens is 352 g/mol. The number of ether oxygens (including phenoxy) is 1. The number of halogens is 2. The number of hydrogen-bond donors (Lipinski definition) is 0. The summed E-state index contributed by atoms with van der Waals surface area (Å²) in [6.07, 6.45) is 0.878. The lowest BCUT2D eigenvalue weighted by atomic mass is 10.1. The Kier molecular flexibility index (Phi) is 4.85. The molecule has 0 N–H and O–H groups in total. The monoisotopic (exact) mass is 371 g/mol. The van der Waals surface area contributed by atoms with E-state index in [9.17, 15) is 8.78 Å². The number of likely N-dealkylation sites (tertiary alicyclic amines) is 1. The van der Waals surface area contributed by atoms with Gasteiger partial charge < -0.3 is 9.26 Å². The van der Waals surface area contributed by atoms with Gasteiger partial charge in [0.1, 0.15) is 5.75 Å². The molecule has 1 aromatic heterocycles. The Bertz CT molecular complexity index is 944. The van der Waals surface area contributed by atoms with Gasteiger partial charge in [-0.05, 0) is 42.8 Å². The van der Waals surface area contributed by atoms with E-state index in [1.165, 1.54) is 6.07 Å². The minimum Gasteiger partial charge on any atom is -0.497 e. The maximum Gasteiger partial charge on any atom is 0.231 e. The number of nitrogens with zero attached hydrogens (tertiary/aromatic N) is 3. The predicted octanol–water partition coefficient (Wildman–Crippen LogP) is 4.01. The third-order valence-corrected chi connectivity index (χ3v) is 4.78. The fourth-order valence-electron chi connectivity index (χ4n) is 3.35. The highest BCUT2D eigenvalue weighted by molar-refractivity contribution is 5.56. The van der Waals surface area contributed by atoms with Crippen molar-refractivity contribution in [3.05, 3.63) is 65.6 Å². The summed E-state index contributed by atoms with van der Waals surface area (Å²) in [4.78, 5) is 6.71. The van der Waals surface area contributed by atoms with Gasteiger partial charge in [-0.3, -0.25) is 4.90 Å². The first-order valence-electron chi connectivity index (χ1n) is 8.76. The summed E-state index contributed by atoms with van der Waals surface area (Å²) in [6, 6.07) is 11.5. The molecule has 1 fully saturated rings. The van der Waals surface area contributed by atoms with E-state index < -0.39 is 11.6 Å². The van der Waals surface area contributed by atoms with E-state index in [0.717, 1.165) is 42.5 Å². The molecule has 2 aromatic carbocycles. The Balaban J connectivity index is 1.43. The first kappa shape index (κ1) is 17.6. The maximum absolute atomic E-state index is 13.4. The van der Waals surface area contributed by atoms with Gasteiger partial charge in [0.05, 0.1) is 13.0 Å². The molecule has 1 saturated heterocycles. The normalized spacial score (nSPS) is 17.4. The van der Waals surface area contributed by atoms with Gasteiger partial charge in [-0.25, -0.2) is 8.78 Å². The molecule has 4 rings (SSSR count). The van der Waals surface area contributed by atoms with Crippen LogP contribution in [0.15, 0.2) is 47.0 Å². The van der Waals surface area contributed by atoms with Crippen molar-refractivity contribution in [3.63, 3.8) is 0 Å². The molecule has 0 unspecified atom stereocenters. The minimum absolute atomic E-state index is 0.127. The average Bonchev–Trinajstić information content (AvgIpc) is 3.34. The fourth-order valence-corrected chi connectivity index (χ4v) is 3.35. The van der Waals surface area contributed by atoms with E-state index in [1.54, 1.807) is 13.2 Å². The Morgan fingerprint density at radius 1 is 1.19 bits per heavy atom. The summed E-state index contributed by atoms with van der Waals surface area (Å²) in [6.45, 7) is 2.13. The molecule has 3 aromatic rings. The van der Waals surface area contributed by atoms with Gasteiger partial charge in [-0.1, -0.05) is 23.4 Å². The van der Waals surface area contributed by atoms with E-state index in [-0.39, 0.29) is 5.92 Å². The zero-order chi connectivity index (χ0) is 18.8. The van der Waals surface area contributed by atoms with Crippen LogP contribution in [0.5, 0.6) is 5.75 Å². The van der Waals surface area contributed by atoms with Crippen LogP contribution in [0.3, 0.4) is 0 Å². The largest absolute Gasteiger partial charge is 0.497 e. The summed E-state index contributed by atoms with van der Waals surface area (Å²) >= 11 is 0. The molecule has 0 spiro atoms. The average molecular weight is 371 g/mol. The first-order valence-corrected chi connectivity index (χ1v) is 8.76. The zero-order valence-electron chi connectivity index (χ0n) is 14.9. The standard InChI is InChI=1S/C20H19F2N3O2/c1-26-16-4-2-3-14(10-16)19-23-20(27-24-19)15-7-8-25(12-15)11-13-5-6-17(21)18(22)9-13/h2-6,9-10,15H,7-8,11-12H2,1H3/t15-/m0/s1. The smallest absolute Gasteiger partial charge is 0.231 e. The Morgan fingerprint density at radius 3 is 2.89 bits per heavy atom. The molecule has 2 heterocycles. The minimum atomic E-state index is -0.825. The molecule has 1 aliphatic rings.